The zero-order chi connectivity index (χ0) is 12.7. The summed E-state index contributed by atoms with van der Waals surface area (Å²) in [7, 11) is 0. The Morgan fingerprint density at radius 1 is 1.29 bits per heavy atom. The lowest BCUT2D eigenvalue weighted by atomic mass is 10.3. The van der Waals surface area contributed by atoms with E-state index < -0.39 is 6.10 Å². The molecule has 1 aromatic rings. The van der Waals surface area contributed by atoms with Crippen molar-refractivity contribution in [2.24, 2.45) is 0 Å². The summed E-state index contributed by atoms with van der Waals surface area (Å²) in [6, 6.07) is 7.30. The van der Waals surface area contributed by atoms with Crippen LogP contribution in [-0.4, -0.2) is 37.5 Å². The van der Waals surface area contributed by atoms with Crippen molar-refractivity contribution in [1.82, 2.24) is 0 Å². The molecule has 1 atom stereocenters. The maximum atomic E-state index is 9.85. The Labute approximate surface area is 108 Å². The van der Waals surface area contributed by atoms with Gasteiger partial charge in [-0.1, -0.05) is 23.7 Å². The van der Waals surface area contributed by atoms with Gasteiger partial charge in [0, 0.05) is 0 Å². The molecule has 17 heavy (non-hydrogen) atoms. The molecule has 0 saturated carbocycles. The third-order valence-electron chi connectivity index (χ3n) is 2.79. The van der Waals surface area contributed by atoms with Crippen LogP contribution in [0.25, 0.3) is 0 Å². The van der Waals surface area contributed by atoms with Crippen LogP contribution in [0, 0.1) is 0 Å². The van der Waals surface area contributed by atoms with Gasteiger partial charge in [0.25, 0.3) is 0 Å². The molecule has 0 aliphatic heterocycles. The molecular formula is C13H21ClNO2+. The van der Waals surface area contributed by atoms with Gasteiger partial charge in [0.2, 0.25) is 0 Å². The Kier molecular flexibility index (Phi) is 6.34. The molecule has 0 unspecified atom stereocenters. The molecule has 0 bridgehead atoms. The van der Waals surface area contributed by atoms with Gasteiger partial charge in [-0.25, -0.2) is 0 Å². The van der Waals surface area contributed by atoms with Gasteiger partial charge in [0.1, 0.15) is 25.0 Å². The number of aliphatic hydroxyl groups is 1. The zero-order valence-corrected chi connectivity index (χ0v) is 11.2. The lowest BCUT2D eigenvalue weighted by Gasteiger charge is -2.19. The van der Waals surface area contributed by atoms with Gasteiger partial charge in [0.05, 0.1) is 18.1 Å². The van der Waals surface area contributed by atoms with Crippen LogP contribution in [-0.2, 0) is 0 Å². The molecule has 1 rings (SSSR count). The van der Waals surface area contributed by atoms with Crippen molar-refractivity contribution in [3.63, 3.8) is 0 Å². The number of ether oxygens (including phenoxy) is 1. The molecule has 3 nitrogen and oxygen atoms in total. The highest BCUT2D eigenvalue weighted by molar-refractivity contribution is 6.32. The van der Waals surface area contributed by atoms with Crippen molar-refractivity contribution < 1.29 is 14.7 Å². The van der Waals surface area contributed by atoms with Crippen LogP contribution in [0.4, 0.5) is 0 Å². The van der Waals surface area contributed by atoms with Gasteiger partial charge in [-0.05, 0) is 26.0 Å². The minimum Gasteiger partial charge on any atom is -0.489 e. The van der Waals surface area contributed by atoms with Crippen molar-refractivity contribution in [2.75, 3.05) is 26.2 Å². The average molecular weight is 259 g/mol. The molecule has 96 valence electrons. The SMILES string of the molecule is CC[NH+](CC)C[C@@H](O)COc1ccccc1Cl. The first-order chi connectivity index (χ1) is 8.17. The molecule has 0 heterocycles. The first-order valence-corrected chi connectivity index (χ1v) is 6.44. The normalized spacial score (nSPS) is 12.8. The second-order valence-corrected chi connectivity index (χ2v) is 4.46. The minimum absolute atomic E-state index is 0.285. The molecule has 2 N–H and O–H groups in total. The third kappa shape index (κ3) is 4.94. The molecule has 0 aromatic heterocycles. The molecule has 0 aliphatic rings. The van der Waals surface area contributed by atoms with E-state index in [2.05, 4.69) is 13.8 Å². The van der Waals surface area contributed by atoms with Gasteiger partial charge in [-0.15, -0.1) is 0 Å². The topological polar surface area (TPSA) is 33.9 Å². The second kappa shape index (κ2) is 7.54. The number of nitrogens with one attached hydrogen (secondary N) is 1. The number of hydrogen-bond acceptors (Lipinski definition) is 2. The molecule has 0 radical (unpaired) electrons. The molecule has 0 saturated heterocycles. The predicted octanol–water partition coefficient (Wildman–Crippen LogP) is 1.00. The highest BCUT2D eigenvalue weighted by Crippen LogP contribution is 2.22. The smallest absolute Gasteiger partial charge is 0.138 e. The zero-order valence-electron chi connectivity index (χ0n) is 10.4. The fourth-order valence-electron chi connectivity index (χ4n) is 1.68. The first kappa shape index (κ1) is 14.3. The summed E-state index contributed by atoms with van der Waals surface area (Å²) in [5.74, 6) is 0.628. The van der Waals surface area contributed by atoms with Crippen LogP contribution < -0.4 is 9.64 Å². The van der Waals surface area contributed by atoms with E-state index in [1.807, 2.05) is 12.1 Å². The number of halogens is 1. The summed E-state index contributed by atoms with van der Waals surface area (Å²) in [5.41, 5.74) is 0. The molecule has 0 fully saturated rings. The van der Waals surface area contributed by atoms with Crippen molar-refractivity contribution >= 4 is 11.6 Å². The molecule has 0 aliphatic carbocycles. The summed E-state index contributed by atoms with van der Waals surface area (Å²) >= 11 is 5.96. The lowest BCUT2D eigenvalue weighted by molar-refractivity contribution is -0.899. The number of para-hydroxylation sites is 1. The standard InChI is InChI=1S/C13H20ClNO2/c1-3-15(4-2)9-11(16)10-17-13-8-6-5-7-12(13)14/h5-8,11,16H,3-4,9-10H2,1-2H3/p+1/t11-/m1/s1. The number of rotatable bonds is 7. The first-order valence-electron chi connectivity index (χ1n) is 6.06. The largest absolute Gasteiger partial charge is 0.489 e. The summed E-state index contributed by atoms with van der Waals surface area (Å²) < 4.78 is 5.49. The minimum atomic E-state index is -0.457. The van der Waals surface area contributed by atoms with Crippen molar-refractivity contribution in [2.45, 2.75) is 20.0 Å². The van der Waals surface area contributed by atoms with Gasteiger partial charge in [0.15, 0.2) is 0 Å². The van der Waals surface area contributed by atoms with Crippen LogP contribution in [0.2, 0.25) is 5.02 Å². The van der Waals surface area contributed by atoms with Crippen LogP contribution in [0.1, 0.15) is 13.8 Å². The van der Waals surface area contributed by atoms with Crippen molar-refractivity contribution in [3.05, 3.63) is 29.3 Å². The van der Waals surface area contributed by atoms with Gasteiger partial charge < -0.3 is 14.7 Å². The molecular weight excluding hydrogens is 238 g/mol. The van der Waals surface area contributed by atoms with E-state index in [0.29, 0.717) is 17.3 Å². The maximum Gasteiger partial charge on any atom is 0.138 e. The van der Waals surface area contributed by atoms with E-state index in [1.54, 1.807) is 12.1 Å². The highest BCUT2D eigenvalue weighted by atomic mass is 35.5. The van der Waals surface area contributed by atoms with Gasteiger partial charge in [-0.3, -0.25) is 0 Å². The van der Waals surface area contributed by atoms with Crippen LogP contribution in [0.5, 0.6) is 5.75 Å². The lowest BCUT2D eigenvalue weighted by Crippen LogP contribution is -3.12. The van der Waals surface area contributed by atoms with Gasteiger partial charge >= 0.3 is 0 Å². The molecule has 4 heteroatoms. The van der Waals surface area contributed by atoms with E-state index in [-0.39, 0.29) is 6.61 Å². The Morgan fingerprint density at radius 3 is 2.53 bits per heavy atom. The van der Waals surface area contributed by atoms with E-state index >= 15 is 0 Å². The Bertz CT molecular complexity index is 329. The van der Waals surface area contributed by atoms with E-state index in [0.717, 1.165) is 13.1 Å². The van der Waals surface area contributed by atoms with Crippen molar-refractivity contribution in [1.29, 1.82) is 0 Å². The quantitative estimate of drug-likeness (QED) is 0.765. The van der Waals surface area contributed by atoms with E-state index in [1.165, 1.54) is 4.90 Å². The fraction of sp³-hybridized carbons (Fsp3) is 0.538. The highest BCUT2D eigenvalue weighted by Gasteiger charge is 2.13. The summed E-state index contributed by atoms with van der Waals surface area (Å²) in [6.45, 7) is 7.24. The number of likely N-dealkylation sites (N-methyl/N-ethyl adjacent to an activating group) is 1. The Hall–Kier alpha value is -0.770. The molecule has 0 amide bonds. The fourth-order valence-corrected chi connectivity index (χ4v) is 1.87. The Balaban J connectivity index is 2.38. The predicted molar refractivity (Wildman–Crippen MR) is 69.9 cm³/mol. The summed E-state index contributed by atoms with van der Waals surface area (Å²) in [5, 5.41) is 10.4. The van der Waals surface area contributed by atoms with Gasteiger partial charge in [-0.2, -0.15) is 0 Å². The molecule has 0 spiro atoms. The van der Waals surface area contributed by atoms with Crippen LogP contribution >= 0.6 is 11.6 Å². The number of aliphatic hydroxyl groups excluding tert-OH is 1. The van der Waals surface area contributed by atoms with Crippen molar-refractivity contribution in [3.8, 4) is 5.75 Å². The second-order valence-electron chi connectivity index (χ2n) is 4.06. The number of benzene rings is 1. The summed E-state index contributed by atoms with van der Waals surface area (Å²) in [6.07, 6.45) is -0.457. The number of quaternary nitrogens is 1. The molecule has 1 aromatic carbocycles. The third-order valence-corrected chi connectivity index (χ3v) is 3.10. The Morgan fingerprint density at radius 2 is 1.94 bits per heavy atom. The summed E-state index contributed by atoms with van der Waals surface area (Å²) in [4.78, 5) is 1.36. The monoisotopic (exact) mass is 258 g/mol. The average Bonchev–Trinajstić information content (AvgIpc) is 2.35. The van der Waals surface area contributed by atoms with E-state index in [4.69, 9.17) is 16.3 Å². The van der Waals surface area contributed by atoms with E-state index in [9.17, 15) is 5.11 Å². The van der Waals surface area contributed by atoms with Crippen LogP contribution in [0.3, 0.4) is 0 Å². The number of hydrogen-bond donors (Lipinski definition) is 2. The van der Waals surface area contributed by atoms with Crippen LogP contribution in [0.15, 0.2) is 24.3 Å². The maximum absolute atomic E-state index is 9.85.